The van der Waals surface area contributed by atoms with E-state index < -0.39 is 25.9 Å². The molecule has 4 aromatic rings. The molecule has 0 aliphatic carbocycles. The average Bonchev–Trinajstić information content (AvgIpc) is 3.02. The van der Waals surface area contributed by atoms with Gasteiger partial charge in [-0.25, -0.2) is 0 Å². The maximum absolute atomic E-state index is 13.3. The van der Waals surface area contributed by atoms with Crippen molar-refractivity contribution >= 4 is 43.6 Å². The van der Waals surface area contributed by atoms with Gasteiger partial charge in [0.15, 0.2) is 0 Å². The first kappa shape index (κ1) is 34.8. The van der Waals surface area contributed by atoms with Crippen molar-refractivity contribution in [1.82, 2.24) is 6.15 Å². The minimum atomic E-state index is -4.64. The predicted molar refractivity (Wildman–Crippen MR) is 175 cm³/mol. The van der Waals surface area contributed by atoms with Crippen LogP contribution in [0.2, 0.25) is 0 Å². The Balaban J connectivity index is 0.00000552. The van der Waals surface area contributed by atoms with Crippen LogP contribution in [0.25, 0.3) is 10.8 Å². The number of rotatable bonds is 13. The van der Waals surface area contributed by atoms with Crippen LogP contribution in [0.3, 0.4) is 0 Å². The van der Waals surface area contributed by atoms with E-state index >= 15 is 0 Å². The van der Waals surface area contributed by atoms with Gasteiger partial charge in [-0.1, -0.05) is 6.07 Å². The molecule has 0 spiro atoms. The molecule has 0 bridgehead atoms. The van der Waals surface area contributed by atoms with Crippen molar-refractivity contribution in [3.63, 3.8) is 0 Å². The van der Waals surface area contributed by atoms with E-state index in [0.717, 1.165) is 23.5 Å². The smallest absolute Gasteiger partial charge is 0.294 e. The van der Waals surface area contributed by atoms with Gasteiger partial charge in [0.1, 0.15) is 10.7 Å². The first-order valence-corrected chi connectivity index (χ1v) is 15.4. The van der Waals surface area contributed by atoms with Crippen molar-refractivity contribution in [2.75, 3.05) is 60.0 Å². The zero-order valence-electron chi connectivity index (χ0n) is 25.0. The van der Waals surface area contributed by atoms with Crippen molar-refractivity contribution in [3.8, 4) is 0 Å². The molecule has 0 fully saturated rings. The Bertz CT molecular complexity index is 1940. The summed E-state index contributed by atoms with van der Waals surface area (Å²) < 4.78 is 33.5. The van der Waals surface area contributed by atoms with E-state index in [0.29, 0.717) is 37.6 Å². The highest BCUT2D eigenvalue weighted by atomic mass is 32.2. The van der Waals surface area contributed by atoms with E-state index in [9.17, 15) is 32.8 Å². The van der Waals surface area contributed by atoms with E-state index in [1.807, 2.05) is 35.8 Å². The molecule has 0 saturated heterocycles. The molecule has 14 nitrogen and oxygen atoms in total. The van der Waals surface area contributed by atoms with E-state index in [1.54, 1.807) is 36.4 Å². The van der Waals surface area contributed by atoms with Crippen molar-refractivity contribution in [2.45, 2.75) is 18.7 Å². The Kier molecular flexibility index (Phi) is 11.9. The van der Waals surface area contributed by atoms with Crippen LogP contribution < -0.4 is 48.4 Å². The third-order valence-electron chi connectivity index (χ3n) is 7.00. The van der Waals surface area contributed by atoms with Gasteiger partial charge in [0, 0.05) is 48.3 Å². The Morgan fingerprint density at radius 2 is 1.11 bits per heavy atom. The standard InChI is InChI=1S/C30H34N6O7S.H3N/c1-3-35(15-17-37)22-9-5-20(6-10-22)31-33-27-25-14-13-24(44(41,42)43)19-26(25)28(30(40)29(27)39)34-32-21-7-11-23(12-8-21)36(4-2)16-18-38;/h5-14,19,31-32,37-38H,3-4,15-18H2,1-2H3,(H,41,42,43);1H3. The van der Waals surface area contributed by atoms with Gasteiger partial charge < -0.3 is 26.2 Å². The molecule has 0 amide bonds. The highest BCUT2D eigenvalue weighted by Crippen LogP contribution is 2.19. The zero-order chi connectivity index (χ0) is 31.9. The lowest BCUT2D eigenvalue weighted by atomic mass is 10.1. The summed E-state index contributed by atoms with van der Waals surface area (Å²) in [5, 5.41) is 26.4. The Hall–Kier alpha value is -4.67. The van der Waals surface area contributed by atoms with Crippen LogP contribution in [-0.2, 0) is 10.1 Å². The van der Waals surface area contributed by atoms with Gasteiger partial charge in [-0.05, 0) is 74.5 Å². The third-order valence-corrected chi connectivity index (χ3v) is 7.85. The monoisotopic (exact) mass is 639 g/mol. The minimum Gasteiger partial charge on any atom is -0.395 e. The quantitative estimate of drug-likeness (QED) is 0.0693. The fourth-order valence-electron chi connectivity index (χ4n) is 4.68. The average molecular weight is 640 g/mol. The summed E-state index contributed by atoms with van der Waals surface area (Å²) in [4.78, 5) is 29.9. The lowest BCUT2D eigenvalue weighted by molar-refractivity contribution is 0.302. The molecule has 0 aliphatic rings. The second-order valence-corrected chi connectivity index (χ2v) is 11.1. The zero-order valence-corrected chi connectivity index (χ0v) is 25.8. The molecule has 8 N–H and O–H groups in total. The van der Waals surface area contributed by atoms with E-state index in [-0.39, 0.29) is 40.9 Å². The number of aliphatic hydroxyl groups excluding tert-OH is 2. The summed E-state index contributed by atoms with van der Waals surface area (Å²) in [5.74, 6) is 0. The summed E-state index contributed by atoms with van der Waals surface area (Å²) in [6.07, 6.45) is 0. The molecule has 0 aliphatic heterocycles. The first-order valence-electron chi connectivity index (χ1n) is 13.9. The summed E-state index contributed by atoms with van der Waals surface area (Å²) in [6, 6.07) is 17.6. The van der Waals surface area contributed by atoms with Crippen LogP contribution in [0.1, 0.15) is 13.8 Å². The maximum atomic E-state index is 13.3. The SMILES string of the molecule is CCN(CCO)c1ccc(NN=c2c(=O)c(=O)c(=NNc3ccc(N(CC)CCO)cc3)c3cc(S(=O)(=O)O)ccc23)cc1.N. The van der Waals surface area contributed by atoms with Crippen LogP contribution >= 0.6 is 0 Å². The molecule has 15 heteroatoms. The highest BCUT2D eigenvalue weighted by molar-refractivity contribution is 7.85. The van der Waals surface area contributed by atoms with Gasteiger partial charge in [-0.15, -0.1) is 0 Å². The van der Waals surface area contributed by atoms with E-state index in [2.05, 4.69) is 21.1 Å². The van der Waals surface area contributed by atoms with Crippen LogP contribution in [0.5, 0.6) is 0 Å². The van der Waals surface area contributed by atoms with Gasteiger partial charge in [-0.3, -0.25) is 25.0 Å². The van der Waals surface area contributed by atoms with E-state index in [1.165, 1.54) is 6.07 Å². The van der Waals surface area contributed by atoms with Crippen LogP contribution in [0, 0.1) is 0 Å². The molecule has 0 aromatic heterocycles. The lowest BCUT2D eigenvalue weighted by Crippen LogP contribution is -2.48. The normalized spacial score (nSPS) is 12.2. The number of nitrogens with one attached hydrogen (secondary N) is 2. The maximum Gasteiger partial charge on any atom is 0.294 e. The number of hydrogen-bond donors (Lipinski definition) is 6. The van der Waals surface area contributed by atoms with Crippen molar-refractivity contribution in [1.29, 1.82) is 0 Å². The van der Waals surface area contributed by atoms with Crippen LogP contribution in [0.15, 0.2) is 91.4 Å². The molecule has 0 saturated carbocycles. The number of aliphatic hydroxyl groups is 2. The molecule has 0 unspecified atom stereocenters. The molecule has 0 radical (unpaired) electrons. The van der Waals surface area contributed by atoms with Gasteiger partial charge in [-0.2, -0.15) is 18.6 Å². The van der Waals surface area contributed by atoms with Crippen LogP contribution in [0.4, 0.5) is 22.7 Å². The Labute approximate surface area is 259 Å². The fraction of sp³-hybridized carbons (Fsp3) is 0.267. The molecule has 0 atom stereocenters. The van der Waals surface area contributed by atoms with Gasteiger partial charge in [0.05, 0.1) is 29.5 Å². The van der Waals surface area contributed by atoms with E-state index in [4.69, 9.17) is 0 Å². The molecular weight excluding hydrogens is 602 g/mol. The number of anilines is 4. The van der Waals surface area contributed by atoms with Crippen LogP contribution in [-0.4, -0.2) is 62.6 Å². The summed E-state index contributed by atoms with van der Waals surface area (Å²) in [5.41, 5.74) is 6.28. The lowest BCUT2D eigenvalue weighted by Gasteiger charge is -2.22. The molecule has 4 rings (SSSR count). The molecular formula is C30H37N7O7S. The summed E-state index contributed by atoms with van der Waals surface area (Å²) in [6.45, 7) is 6.24. The number of hydrogen-bond acceptors (Lipinski definition) is 13. The number of benzene rings is 4. The van der Waals surface area contributed by atoms with Crippen molar-refractivity contribution in [2.24, 2.45) is 10.2 Å². The number of fused-ring (bicyclic) bond motifs is 1. The van der Waals surface area contributed by atoms with Gasteiger partial charge in [0.25, 0.3) is 21.0 Å². The second kappa shape index (κ2) is 15.4. The minimum absolute atomic E-state index is 0. The summed E-state index contributed by atoms with van der Waals surface area (Å²) >= 11 is 0. The number of likely N-dealkylation sites (N-methyl/N-ethyl adjacent to an activating group) is 2. The third kappa shape index (κ3) is 8.09. The number of nitrogens with zero attached hydrogens (tertiary/aromatic N) is 4. The molecule has 4 aromatic carbocycles. The highest BCUT2D eigenvalue weighted by Gasteiger charge is 2.16. The van der Waals surface area contributed by atoms with Gasteiger partial charge >= 0.3 is 0 Å². The molecule has 45 heavy (non-hydrogen) atoms. The van der Waals surface area contributed by atoms with Crippen molar-refractivity contribution < 1.29 is 23.2 Å². The Morgan fingerprint density at radius 3 is 1.49 bits per heavy atom. The molecule has 240 valence electrons. The second-order valence-electron chi connectivity index (χ2n) is 9.69. The topological polar surface area (TPSA) is 219 Å². The fourth-order valence-corrected chi connectivity index (χ4v) is 5.19. The molecule has 0 heterocycles. The first-order chi connectivity index (χ1) is 21.1. The summed E-state index contributed by atoms with van der Waals surface area (Å²) in [7, 11) is -4.64. The Morgan fingerprint density at radius 1 is 0.689 bits per heavy atom. The predicted octanol–water partition coefficient (Wildman–Crippen LogP) is 1.34. The largest absolute Gasteiger partial charge is 0.395 e. The van der Waals surface area contributed by atoms with Crippen molar-refractivity contribution in [3.05, 3.63) is 97.9 Å². The van der Waals surface area contributed by atoms with Gasteiger partial charge in [0.2, 0.25) is 0 Å².